The van der Waals surface area contributed by atoms with Crippen LogP contribution in [0.1, 0.15) is 74.3 Å². The highest BCUT2D eigenvalue weighted by molar-refractivity contribution is 5.89. The summed E-state index contributed by atoms with van der Waals surface area (Å²) in [7, 11) is 0. The van der Waals surface area contributed by atoms with E-state index in [0.717, 1.165) is 29.8 Å². The highest BCUT2D eigenvalue weighted by atomic mass is 16.4. The second-order valence-electron chi connectivity index (χ2n) is 6.94. The van der Waals surface area contributed by atoms with Gasteiger partial charge in [-0.1, -0.05) is 40.5 Å². The fourth-order valence-corrected chi connectivity index (χ4v) is 3.13. The van der Waals surface area contributed by atoms with Crippen LogP contribution in [0.2, 0.25) is 0 Å². The van der Waals surface area contributed by atoms with Crippen molar-refractivity contribution < 1.29 is 9.90 Å². The molecule has 20 heavy (non-hydrogen) atoms. The number of nitrogens with zero attached hydrogens (tertiary/aromatic N) is 1. The van der Waals surface area contributed by atoms with Crippen molar-refractivity contribution in [2.45, 2.75) is 65.2 Å². The fourth-order valence-electron chi connectivity index (χ4n) is 3.13. The van der Waals surface area contributed by atoms with Crippen LogP contribution in [0.25, 0.3) is 0 Å². The van der Waals surface area contributed by atoms with E-state index >= 15 is 0 Å². The normalized spacial score (nSPS) is 18.7. The molecule has 1 aliphatic rings. The average molecular weight is 275 g/mol. The third-order valence-corrected chi connectivity index (χ3v) is 4.13. The van der Waals surface area contributed by atoms with Crippen molar-refractivity contribution in [3.8, 4) is 0 Å². The number of hydrogen-bond acceptors (Lipinski definition) is 2. The van der Waals surface area contributed by atoms with Gasteiger partial charge in [0.05, 0.1) is 11.3 Å². The minimum atomic E-state index is -0.858. The minimum Gasteiger partial charge on any atom is -0.478 e. The molecule has 3 nitrogen and oxygen atoms in total. The van der Waals surface area contributed by atoms with Gasteiger partial charge in [0.2, 0.25) is 0 Å². The number of carbonyl (C=O) groups is 1. The quantitative estimate of drug-likeness (QED) is 0.907. The van der Waals surface area contributed by atoms with Gasteiger partial charge in [-0.25, -0.2) is 4.79 Å². The second kappa shape index (κ2) is 5.55. The van der Waals surface area contributed by atoms with Crippen LogP contribution in [-0.4, -0.2) is 16.1 Å². The molecule has 0 bridgehead atoms. The zero-order valence-corrected chi connectivity index (χ0v) is 13.0. The Bertz CT molecular complexity index is 514. The largest absolute Gasteiger partial charge is 0.478 e. The molecule has 0 spiro atoms. The standard InChI is InChI=1S/C17H25NO2/c1-5-6-11-7-8-14-12(9-11)10-13(16(19)20)15(18-14)17(2,3)4/h10-11H,5-9H2,1-4H3,(H,19,20). The van der Waals surface area contributed by atoms with Gasteiger partial charge in [0.1, 0.15) is 0 Å². The number of carboxylic acids is 1. The van der Waals surface area contributed by atoms with Crippen LogP contribution < -0.4 is 0 Å². The predicted molar refractivity (Wildman–Crippen MR) is 80.3 cm³/mol. The van der Waals surface area contributed by atoms with Gasteiger partial charge in [-0.2, -0.15) is 0 Å². The van der Waals surface area contributed by atoms with Gasteiger partial charge in [-0.05, 0) is 36.8 Å². The molecule has 3 heteroatoms. The Balaban J connectivity index is 2.43. The zero-order chi connectivity index (χ0) is 14.9. The van der Waals surface area contributed by atoms with E-state index in [1.165, 1.54) is 19.3 Å². The third-order valence-electron chi connectivity index (χ3n) is 4.13. The van der Waals surface area contributed by atoms with Gasteiger partial charge >= 0.3 is 5.97 Å². The fraction of sp³-hybridized carbons (Fsp3) is 0.647. The number of fused-ring (bicyclic) bond motifs is 1. The molecular weight excluding hydrogens is 250 g/mol. The topological polar surface area (TPSA) is 50.2 Å². The van der Waals surface area contributed by atoms with Crippen molar-refractivity contribution in [1.29, 1.82) is 0 Å². The summed E-state index contributed by atoms with van der Waals surface area (Å²) in [6, 6.07) is 1.88. The molecule has 0 radical (unpaired) electrons. The van der Waals surface area contributed by atoms with Crippen LogP contribution in [0.15, 0.2) is 6.07 Å². The van der Waals surface area contributed by atoms with Gasteiger partial charge in [0, 0.05) is 11.1 Å². The first-order valence-corrected chi connectivity index (χ1v) is 7.59. The molecular formula is C17H25NO2. The summed E-state index contributed by atoms with van der Waals surface area (Å²) in [4.78, 5) is 16.2. The van der Waals surface area contributed by atoms with Crippen LogP contribution >= 0.6 is 0 Å². The molecule has 1 aromatic rings. The van der Waals surface area contributed by atoms with E-state index in [1.54, 1.807) is 0 Å². The molecule has 0 saturated heterocycles. The van der Waals surface area contributed by atoms with Crippen molar-refractivity contribution in [2.75, 3.05) is 0 Å². The number of pyridine rings is 1. The van der Waals surface area contributed by atoms with E-state index in [2.05, 4.69) is 6.92 Å². The van der Waals surface area contributed by atoms with Crippen LogP contribution in [0, 0.1) is 5.92 Å². The maximum atomic E-state index is 11.5. The SMILES string of the molecule is CCCC1CCc2nc(C(C)(C)C)c(C(=O)O)cc2C1. The van der Waals surface area contributed by atoms with Crippen molar-refractivity contribution >= 4 is 5.97 Å². The molecule has 1 aromatic heterocycles. The Morgan fingerprint density at radius 2 is 2.15 bits per heavy atom. The van der Waals surface area contributed by atoms with Gasteiger partial charge in [0.15, 0.2) is 0 Å². The minimum absolute atomic E-state index is 0.233. The van der Waals surface area contributed by atoms with Gasteiger partial charge in [-0.15, -0.1) is 0 Å². The van der Waals surface area contributed by atoms with E-state index in [1.807, 2.05) is 26.8 Å². The van der Waals surface area contributed by atoms with Crippen molar-refractivity contribution in [1.82, 2.24) is 4.98 Å². The Kier molecular flexibility index (Phi) is 4.17. The van der Waals surface area contributed by atoms with E-state index in [0.29, 0.717) is 11.5 Å². The smallest absolute Gasteiger partial charge is 0.337 e. The lowest BCUT2D eigenvalue weighted by molar-refractivity contribution is 0.0693. The monoisotopic (exact) mass is 275 g/mol. The first-order chi connectivity index (χ1) is 9.32. The summed E-state index contributed by atoms with van der Waals surface area (Å²) in [5.74, 6) is -0.167. The van der Waals surface area contributed by atoms with Crippen molar-refractivity contribution in [2.24, 2.45) is 5.92 Å². The molecule has 0 fully saturated rings. The molecule has 1 heterocycles. The lowest BCUT2D eigenvalue weighted by Gasteiger charge is -2.27. The van der Waals surface area contributed by atoms with E-state index in [-0.39, 0.29) is 5.41 Å². The summed E-state index contributed by atoms with van der Waals surface area (Å²) in [5, 5.41) is 9.46. The highest BCUT2D eigenvalue weighted by Gasteiger charge is 2.28. The molecule has 0 amide bonds. The van der Waals surface area contributed by atoms with Gasteiger partial charge in [-0.3, -0.25) is 4.98 Å². The first-order valence-electron chi connectivity index (χ1n) is 7.59. The van der Waals surface area contributed by atoms with E-state index in [9.17, 15) is 9.90 Å². The van der Waals surface area contributed by atoms with E-state index < -0.39 is 5.97 Å². The zero-order valence-electron chi connectivity index (χ0n) is 13.0. The van der Waals surface area contributed by atoms with Gasteiger partial charge in [0.25, 0.3) is 0 Å². The molecule has 110 valence electrons. The Morgan fingerprint density at radius 3 is 2.70 bits per heavy atom. The Morgan fingerprint density at radius 1 is 1.45 bits per heavy atom. The Labute approximate surface area is 121 Å². The van der Waals surface area contributed by atoms with E-state index in [4.69, 9.17) is 4.98 Å². The number of aryl methyl sites for hydroxylation is 1. The summed E-state index contributed by atoms with van der Waals surface area (Å²) in [6.07, 6.45) is 5.58. The molecule has 1 N–H and O–H groups in total. The molecule has 0 aromatic carbocycles. The second-order valence-corrected chi connectivity index (χ2v) is 6.94. The molecule has 2 rings (SSSR count). The maximum Gasteiger partial charge on any atom is 0.337 e. The lowest BCUT2D eigenvalue weighted by Crippen LogP contribution is -2.24. The first kappa shape index (κ1) is 15.0. The number of hydrogen-bond donors (Lipinski definition) is 1. The number of carboxylic acid groups (broad SMARTS) is 1. The summed E-state index contributed by atoms with van der Waals surface area (Å²) < 4.78 is 0. The van der Waals surface area contributed by atoms with Crippen molar-refractivity contribution in [3.05, 3.63) is 28.6 Å². The van der Waals surface area contributed by atoms with Crippen LogP contribution in [0.3, 0.4) is 0 Å². The van der Waals surface area contributed by atoms with Gasteiger partial charge < -0.3 is 5.11 Å². The summed E-state index contributed by atoms with van der Waals surface area (Å²) >= 11 is 0. The predicted octanol–water partition coefficient (Wildman–Crippen LogP) is 3.98. The average Bonchev–Trinajstić information content (AvgIpc) is 2.36. The lowest BCUT2D eigenvalue weighted by atomic mass is 9.81. The summed E-state index contributed by atoms with van der Waals surface area (Å²) in [6.45, 7) is 8.28. The number of aromatic nitrogens is 1. The maximum absolute atomic E-state index is 11.5. The van der Waals surface area contributed by atoms with Crippen LogP contribution in [0.5, 0.6) is 0 Å². The molecule has 0 saturated carbocycles. The summed E-state index contributed by atoms with van der Waals surface area (Å²) in [5.41, 5.74) is 3.14. The molecule has 1 aliphatic carbocycles. The molecule has 1 atom stereocenters. The molecule has 0 aliphatic heterocycles. The number of aromatic carboxylic acids is 1. The number of rotatable bonds is 3. The van der Waals surface area contributed by atoms with Crippen LogP contribution in [-0.2, 0) is 18.3 Å². The Hall–Kier alpha value is -1.38. The van der Waals surface area contributed by atoms with Crippen molar-refractivity contribution in [3.63, 3.8) is 0 Å². The highest BCUT2D eigenvalue weighted by Crippen LogP contribution is 2.32. The molecule has 1 unspecified atom stereocenters. The van der Waals surface area contributed by atoms with Crippen LogP contribution in [0.4, 0.5) is 0 Å². The third kappa shape index (κ3) is 3.02.